The van der Waals surface area contributed by atoms with E-state index in [-0.39, 0.29) is 11.6 Å². The summed E-state index contributed by atoms with van der Waals surface area (Å²) < 4.78 is 6.19. The Kier molecular flexibility index (Phi) is 5.98. The zero-order valence-corrected chi connectivity index (χ0v) is 14.3. The summed E-state index contributed by atoms with van der Waals surface area (Å²) in [5.74, 6) is -1.14. The Morgan fingerprint density at radius 3 is 2.76 bits per heavy atom. The molecule has 2 heterocycles. The zero-order valence-electron chi connectivity index (χ0n) is 14.3. The van der Waals surface area contributed by atoms with E-state index in [4.69, 9.17) is 4.74 Å². The number of hydrogen-bond donors (Lipinski definition) is 2. The van der Waals surface area contributed by atoms with E-state index in [0.29, 0.717) is 12.5 Å². The first-order valence-electron chi connectivity index (χ1n) is 7.80. The molecule has 10 nitrogen and oxygen atoms in total. The van der Waals surface area contributed by atoms with Crippen molar-refractivity contribution in [3.63, 3.8) is 0 Å². The molecule has 2 N–H and O–H groups in total. The molecule has 2 aromatic rings. The number of esters is 1. The minimum absolute atomic E-state index is 0.212. The van der Waals surface area contributed by atoms with Crippen molar-refractivity contribution in [3.8, 4) is 0 Å². The zero-order chi connectivity index (χ0) is 18.4. The molecule has 0 aliphatic rings. The molecule has 10 heteroatoms. The van der Waals surface area contributed by atoms with Gasteiger partial charge in [0.1, 0.15) is 0 Å². The Bertz CT molecular complexity index is 785. The molecule has 0 bridgehead atoms. The van der Waals surface area contributed by atoms with Crippen LogP contribution in [0.4, 0.5) is 4.79 Å². The number of fused-ring (bicyclic) bond motifs is 1. The number of aryl methyl sites for hydroxylation is 1. The number of carbonyl (C=O) groups excluding carboxylic acids is 3. The first kappa shape index (κ1) is 18.3. The third-order valence-corrected chi connectivity index (χ3v) is 3.21. The average Bonchev–Trinajstić information content (AvgIpc) is 2.98. The van der Waals surface area contributed by atoms with Crippen LogP contribution >= 0.6 is 0 Å². The fraction of sp³-hybridized carbons (Fsp3) is 0.467. The number of urea groups is 1. The topological polar surface area (TPSA) is 128 Å². The number of rotatable bonds is 6. The van der Waals surface area contributed by atoms with Crippen LogP contribution in [0.5, 0.6) is 0 Å². The van der Waals surface area contributed by atoms with E-state index >= 15 is 0 Å². The predicted octanol–water partition coefficient (Wildman–Crippen LogP) is 0.461. The number of ether oxygens (including phenoxy) is 1. The Labute approximate surface area is 144 Å². The molecule has 0 fully saturated rings. The molecule has 0 spiro atoms. The number of amides is 3. The molecule has 0 saturated carbocycles. The van der Waals surface area contributed by atoms with E-state index < -0.39 is 24.5 Å². The molecule has 0 aromatic carbocycles. The van der Waals surface area contributed by atoms with Crippen molar-refractivity contribution in [2.24, 2.45) is 5.92 Å². The average molecular weight is 348 g/mol. The highest BCUT2D eigenvalue weighted by atomic mass is 16.5. The maximum Gasteiger partial charge on any atom is 0.378 e. The standard InChI is InChI=1S/C15H20N6O4/c1-9(2)4-6-17-15(24)18-11(22)8-25-13(23)12-19-14-16-7-5-10(3)21(14)20-12/h5,7,9H,4,6,8H2,1-3H3,(H2,17,18,22,24). The van der Waals surface area contributed by atoms with Gasteiger partial charge in [0.15, 0.2) is 6.61 Å². The van der Waals surface area contributed by atoms with Gasteiger partial charge in [-0.1, -0.05) is 13.8 Å². The first-order valence-corrected chi connectivity index (χ1v) is 7.80. The van der Waals surface area contributed by atoms with Gasteiger partial charge in [-0.05, 0) is 25.3 Å². The van der Waals surface area contributed by atoms with E-state index in [1.54, 1.807) is 19.2 Å². The molecule has 2 rings (SSSR count). The lowest BCUT2D eigenvalue weighted by Crippen LogP contribution is -2.42. The summed E-state index contributed by atoms with van der Waals surface area (Å²) in [5, 5.41) is 8.58. The van der Waals surface area contributed by atoms with Gasteiger partial charge in [0, 0.05) is 18.4 Å². The van der Waals surface area contributed by atoms with Gasteiger partial charge in [-0.15, -0.1) is 5.10 Å². The second-order valence-corrected chi connectivity index (χ2v) is 5.80. The summed E-state index contributed by atoms with van der Waals surface area (Å²) in [6.45, 7) is 5.67. The number of hydrogen-bond acceptors (Lipinski definition) is 7. The van der Waals surface area contributed by atoms with E-state index in [0.717, 1.165) is 12.1 Å². The summed E-state index contributed by atoms with van der Waals surface area (Å²) >= 11 is 0. The third-order valence-electron chi connectivity index (χ3n) is 3.21. The van der Waals surface area contributed by atoms with Crippen molar-refractivity contribution in [2.45, 2.75) is 27.2 Å². The fourth-order valence-electron chi connectivity index (χ4n) is 1.87. The minimum Gasteiger partial charge on any atom is -0.450 e. The number of nitrogens with zero attached hydrogens (tertiary/aromatic N) is 4. The lowest BCUT2D eigenvalue weighted by molar-refractivity contribution is -0.123. The Hall–Kier alpha value is -3.04. The fourth-order valence-corrected chi connectivity index (χ4v) is 1.87. The highest BCUT2D eigenvalue weighted by Crippen LogP contribution is 2.03. The molecule has 2 aromatic heterocycles. The normalized spacial score (nSPS) is 10.7. The van der Waals surface area contributed by atoms with Gasteiger partial charge in [-0.2, -0.15) is 4.98 Å². The predicted molar refractivity (Wildman–Crippen MR) is 86.8 cm³/mol. The molecule has 0 atom stereocenters. The molecule has 0 unspecified atom stereocenters. The summed E-state index contributed by atoms with van der Waals surface area (Å²) in [7, 11) is 0. The Morgan fingerprint density at radius 1 is 1.32 bits per heavy atom. The molecule has 0 radical (unpaired) electrons. The maximum atomic E-state index is 11.9. The Morgan fingerprint density at radius 2 is 2.08 bits per heavy atom. The van der Waals surface area contributed by atoms with Crippen LogP contribution < -0.4 is 10.6 Å². The summed E-state index contributed by atoms with van der Waals surface area (Å²) in [6.07, 6.45) is 2.34. The van der Waals surface area contributed by atoms with Gasteiger partial charge in [0.05, 0.1) is 0 Å². The maximum absolute atomic E-state index is 11.9. The van der Waals surface area contributed by atoms with Gasteiger partial charge < -0.3 is 10.1 Å². The van der Waals surface area contributed by atoms with Crippen LogP contribution in [0.1, 0.15) is 36.6 Å². The van der Waals surface area contributed by atoms with Crippen molar-refractivity contribution < 1.29 is 19.1 Å². The van der Waals surface area contributed by atoms with Crippen molar-refractivity contribution in [2.75, 3.05) is 13.2 Å². The monoisotopic (exact) mass is 348 g/mol. The van der Waals surface area contributed by atoms with E-state index in [1.807, 2.05) is 13.8 Å². The van der Waals surface area contributed by atoms with Crippen LogP contribution in [-0.4, -0.2) is 50.6 Å². The molecular weight excluding hydrogens is 328 g/mol. The molecule has 0 saturated heterocycles. The summed E-state index contributed by atoms with van der Waals surface area (Å²) in [4.78, 5) is 42.9. The molecular formula is C15H20N6O4. The molecule has 0 aliphatic heterocycles. The van der Waals surface area contributed by atoms with Crippen LogP contribution in [0, 0.1) is 12.8 Å². The van der Waals surface area contributed by atoms with Crippen molar-refractivity contribution in [3.05, 3.63) is 23.8 Å². The quantitative estimate of drug-likeness (QED) is 0.726. The summed E-state index contributed by atoms with van der Waals surface area (Å²) in [5.41, 5.74) is 0.743. The van der Waals surface area contributed by atoms with Crippen molar-refractivity contribution >= 4 is 23.7 Å². The number of aromatic nitrogens is 4. The third kappa shape index (κ3) is 5.23. The van der Waals surface area contributed by atoms with Gasteiger partial charge in [0.2, 0.25) is 0 Å². The molecule has 3 amide bonds. The highest BCUT2D eigenvalue weighted by molar-refractivity contribution is 5.96. The largest absolute Gasteiger partial charge is 0.450 e. The smallest absolute Gasteiger partial charge is 0.378 e. The lowest BCUT2D eigenvalue weighted by Gasteiger charge is -2.08. The number of imide groups is 1. The van der Waals surface area contributed by atoms with Crippen molar-refractivity contribution in [1.82, 2.24) is 30.2 Å². The number of nitrogens with one attached hydrogen (secondary N) is 2. The first-order chi connectivity index (χ1) is 11.9. The van der Waals surface area contributed by atoms with Crippen LogP contribution in [0.2, 0.25) is 0 Å². The minimum atomic E-state index is -0.875. The molecule has 134 valence electrons. The second kappa shape index (κ2) is 8.18. The van der Waals surface area contributed by atoms with Gasteiger partial charge in [-0.3, -0.25) is 10.1 Å². The van der Waals surface area contributed by atoms with E-state index in [2.05, 4.69) is 25.7 Å². The highest BCUT2D eigenvalue weighted by Gasteiger charge is 2.18. The van der Waals surface area contributed by atoms with E-state index in [9.17, 15) is 14.4 Å². The van der Waals surface area contributed by atoms with Gasteiger partial charge in [-0.25, -0.2) is 19.1 Å². The van der Waals surface area contributed by atoms with Crippen LogP contribution in [0.25, 0.3) is 5.78 Å². The molecule has 25 heavy (non-hydrogen) atoms. The van der Waals surface area contributed by atoms with Crippen LogP contribution in [-0.2, 0) is 9.53 Å². The second-order valence-electron chi connectivity index (χ2n) is 5.80. The lowest BCUT2D eigenvalue weighted by atomic mass is 10.1. The van der Waals surface area contributed by atoms with Gasteiger partial charge >= 0.3 is 12.0 Å². The van der Waals surface area contributed by atoms with Crippen LogP contribution in [0.15, 0.2) is 12.3 Å². The van der Waals surface area contributed by atoms with E-state index in [1.165, 1.54) is 4.52 Å². The van der Waals surface area contributed by atoms with Crippen molar-refractivity contribution in [1.29, 1.82) is 0 Å². The van der Waals surface area contributed by atoms with Crippen LogP contribution in [0.3, 0.4) is 0 Å². The molecule has 0 aliphatic carbocycles. The SMILES string of the molecule is Cc1ccnc2nc(C(=O)OCC(=O)NC(=O)NCCC(C)C)nn12. The number of carbonyl (C=O) groups is 3. The summed E-state index contributed by atoms with van der Waals surface area (Å²) in [6, 6.07) is 1.08. The Balaban J connectivity index is 1.81. The van der Waals surface area contributed by atoms with Gasteiger partial charge in [0.25, 0.3) is 17.5 Å².